The van der Waals surface area contributed by atoms with Crippen molar-refractivity contribution >= 4 is 34.9 Å². The lowest BCUT2D eigenvalue weighted by atomic mass is 9.86. The number of benzene rings is 1. The number of nitrogens with two attached hydrogens (primary N) is 1. The molecule has 1 aromatic carbocycles. The van der Waals surface area contributed by atoms with Crippen LogP contribution in [0.3, 0.4) is 0 Å². The number of allylic oxidation sites excluding steroid dienone is 2. The second kappa shape index (κ2) is 27.3. The van der Waals surface area contributed by atoms with Gasteiger partial charge in [-0.15, -0.1) is 0 Å². The number of aliphatic hydroxyl groups excluding tert-OH is 1. The zero-order valence-corrected chi connectivity index (χ0v) is 38.0. The van der Waals surface area contributed by atoms with E-state index in [1.54, 1.807) is 13.8 Å². The monoisotopic (exact) mass is 826 g/mol. The molecule has 12 heteroatoms. The van der Waals surface area contributed by atoms with Crippen LogP contribution in [-0.4, -0.2) is 75.4 Å². The summed E-state index contributed by atoms with van der Waals surface area (Å²) in [4.78, 5) is 79.3. The number of nitrogens with one attached hydrogen (secondary N) is 4. The van der Waals surface area contributed by atoms with E-state index in [1.807, 2.05) is 58.0 Å². The standard InChI is InChI=1S/C47H79N5O7/c1-11-38(27-26-32(2)3)44(58)51-47(10,36(8)55)29-23-18-16-14-12-13-15-17-22-28-46(9,35(7)54)50-39(30-33(4)5)42(56)43(57)41(34(6)53)49-45(59)40(52-48)31-37-24-20-19-21-25-37/h14,16,19-21,24-25,32-34,38-41,50,52-53H,11-13,15,17-18,22-23,26-31,48H2,1-10H3,(H,49,59)(H,51,58)/b16-14+/t34-,38+,39+,40+,41+,46-,47+/m1/s1. The first kappa shape index (κ1) is 53.4. The Labute approximate surface area is 355 Å². The molecule has 0 saturated carbocycles. The van der Waals surface area contributed by atoms with E-state index in [4.69, 9.17) is 5.84 Å². The van der Waals surface area contributed by atoms with Crippen molar-refractivity contribution in [3.05, 3.63) is 48.0 Å². The minimum atomic E-state index is -1.50. The Morgan fingerprint density at radius 3 is 1.83 bits per heavy atom. The quantitative estimate of drug-likeness (QED) is 0.0155. The van der Waals surface area contributed by atoms with Gasteiger partial charge >= 0.3 is 0 Å². The summed E-state index contributed by atoms with van der Waals surface area (Å²) in [6.07, 6.45) is 13.1. The highest BCUT2D eigenvalue weighted by atomic mass is 16.3. The van der Waals surface area contributed by atoms with Crippen LogP contribution in [0.2, 0.25) is 0 Å². The molecular formula is C47H79N5O7. The molecule has 7 atom stereocenters. The summed E-state index contributed by atoms with van der Waals surface area (Å²) in [5, 5.41) is 19.4. The summed E-state index contributed by atoms with van der Waals surface area (Å²) in [5.41, 5.74) is 1.36. The van der Waals surface area contributed by atoms with Crippen LogP contribution in [-0.2, 0) is 35.2 Å². The highest BCUT2D eigenvalue weighted by molar-refractivity contribution is 6.41. The van der Waals surface area contributed by atoms with Crippen molar-refractivity contribution in [1.29, 1.82) is 0 Å². The van der Waals surface area contributed by atoms with Crippen LogP contribution in [0.1, 0.15) is 158 Å². The van der Waals surface area contributed by atoms with Crippen LogP contribution in [0.4, 0.5) is 0 Å². The number of carbonyl (C=O) groups excluding carboxylic acids is 6. The van der Waals surface area contributed by atoms with Crippen molar-refractivity contribution in [2.24, 2.45) is 23.6 Å². The van der Waals surface area contributed by atoms with E-state index in [0.717, 1.165) is 69.8 Å². The number of ketones is 4. The van der Waals surface area contributed by atoms with Crippen LogP contribution < -0.4 is 27.2 Å². The number of Topliss-reactive ketones (excluding diaryl/α,β-unsaturated/α-hetero) is 4. The van der Waals surface area contributed by atoms with Crippen LogP contribution in [0.15, 0.2) is 42.5 Å². The van der Waals surface area contributed by atoms with E-state index >= 15 is 0 Å². The van der Waals surface area contributed by atoms with E-state index < -0.39 is 52.8 Å². The summed E-state index contributed by atoms with van der Waals surface area (Å²) in [6, 6.07) is 5.77. The van der Waals surface area contributed by atoms with E-state index in [9.17, 15) is 33.9 Å². The highest BCUT2D eigenvalue weighted by Gasteiger charge is 2.40. The van der Waals surface area contributed by atoms with E-state index in [1.165, 1.54) is 13.8 Å². The number of hydrazine groups is 1. The molecule has 2 amide bonds. The lowest BCUT2D eigenvalue weighted by Gasteiger charge is -2.34. The SMILES string of the molecule is CC[C@@H](CCC(C)C)C(=O)N[C@@](C)(CCC/C=C/CCCCCC[C@@](C)(N[C@@H](CC(C)C)C(=O)C(=O)[C@@H](NC(=O)[C@H](Cc1ccccc1)NN)[C@@H](C)O)C(C)=O)C(C)=O. The topological polar surface area (TPSA) is 197 Å². The lowest BCUT2D eigenvalue weighted by Crippen LogP contribution is -2.61. The molecular weight excluding hydrogens is 747 g/mol. The number of carbonyl (C=O) groups is 6. The number of rotatable bonds is 32. The molecule has 0 unspecified atom stereocenters. The maximum absolute atomic E-state index is 13.8. The van der Waals surface area contributed by atoms with Crippen LogP contribution in [0, 0.1) is 17.8 Å². The fourth-order valence-electron chi connectivity index (χ4n) is 7.16. The summed E-state index contributed by atoms with van der Waals surface area (Å²) in [6.45, 7) is 18.1. The van der Waals surface area contributed by atoms with Gasteiger partial charge in [0.05, 0.1) is 23.2 Å². The van der Waals surface area contributed by atoms with Gasteiger partial charge in [0.1, 0.15) is 17.9 Å². The normalized spacial score (nSPS) is 16.4. The molecule has 59 heavy (non-hydrogen) atoms. The van der Waals surface area contributed by atoms with Crippen molar-refractivity contribution in [3.8, 4) is 0 Å². The van der Waals surface area contributed by atoms with Gasteiger partial charge in [0, 0.05) is 5.92 Å². The first-order chi connectivity index (χ1) is 27.7. The molecule has 0 aliphatic carbocycles. The first-order valence-corrected chi connectivity index (χ1v) is 22.0. The summed E-state index contributed by atoms with van der Waals surface area (Å²) in [5.74, 6) is 3.53. The molecule has 0 aliphatic rings. The van der Waals surface area contributed by atoms with Crippen LogP contribution in [0.5, 0.6) is 0 Å². The third-order valence-corrected chi connectivity index (χ3v) is 11.5. The number of unbranched alkanes of at least 4 members (excludes halogenated alkanes) is 5. The zero-order valence-electron chi connectivity index (χ0n) is 38.0. The zero-order chi connectivity index (χ0) is 44.8. The second-order valence-electron chi connectivity index (χ2n) is 17.8. The summed E-state index contributed by atoms with van der Waals surface area (Å²) >= 11 is 0. The van der Waals surface area contributed by atoms with Gasteiger partial charge in [-0.1, -0.05) is 103 Å². The Hall–Kier alpha value is -3.58. The van der Waals surface area contributed by atoms with Crippen LogP contribution in [0.25, 0.3) is 0 Å². The molecule has 334 valence electrons. The fourth-order valence-corrected chi connectivity index (χ4v) is 7.16. The Kier molecular flexibility index (Phi) is 24.7. The number of aliphatic hydroxyl groups is 1. The molecule has 12 nitrogen and oxygen atoms in total. The van der Waals surface area contributed by atoms with Crippen molar-refractivity contribution < 1.29 is 33.9 Å². The molecule has 0 bridgehead atoms. The Morgan fingerprint density at radius 1 is 0.729 bits per heavy atom. The van der Waals surface area contributed by atoms with Crippen molar-refractivity contribution in [1.82, 2.24) is 21.4 Å². The third-order valence-electron chi connectivity index (χ3n) is 11.5. The average Bonchev–Trinajstić information content (AvgIpc) is 3.17. The van der Waals surface area contributed by atoms with Gasteiger partial charge in [-0.2, -0.15) is 0 Å². The largest absolute Gasteiger partial charge is 0.391 e. The predicted molar refractivity (Wildman–Crippen MR) is 236 cm³/mol. The van der Waals surface area contributed by atoms with Gasteiger partial charge in [0.2, 0.25) is 23.4 Å². The van der Waals surface area contributed by atoms with E-state index in [0.29, 0.717) is 18.8 Å². The van der Waals surface area contributed by atoms with E-state index in [2.05, 4.69) is 47.4 Å². The lowest BCUT2D eigenvalue weighted by molar-refractivity contribution is -0.142. The molecule has 0 aromatic heterocycles. The first-order valence-electron chi connectivity index (χ1n) is 22.0. The Balaban J connectivity index is 2.73. The molecule has 0 aliphatic heterocycles. The van der Waals surface area contributed by atoms with E-state index in [-0.39, 0.29) is 42.2 Å². The summed E-state index contributed by atoms with van der Waals surface area (Å²) < 4.78 is 0. The number of hydrogen-bond acceptors (Lipinski definition) is 10. The molecule has 0 spiro atoms. The Bertz CT molecular complexity index is 1500. The maximum Gasteiger partial charge on any atom is 0.239 e. The Morgan fingerprint density at radius 2 is 1.31 bits per heavy atom. The fraction of sp³-hybridized carbons (Fsp3) is 0.702. The highest BCUT2D eigenvalue weighted by Crippen LogP contribution is 2.23. The molecule has 0 heterocycles. The number of amides is 2. The van der Waals surface area contributed by atoms with Gasteiger partial charge in [-0.3, -0.25) is 39.9 Å². The van der Waals surface area contributed by atoms with Gasteiger partial charge in [0.25, 0.3) is 0 Å². The second-order valence-corrected chi connectivity index (χ2v) is 17.8. The summed E-state index contributed by atoms with van der Waals surface area (Å²) in [7, 11) is 0. The smallest absolute Gasteiger partial charge is 0.239 e. The molecule has 7 N–H and O–H groups in total. The van der Waals surface area contributed by atoms with Crippen molar-refractivity contribution in [2.45, 2.75) is 194 Å². The predicted octanol–water partition coefficient (Wildman–Crippen LogP) is 6.41. The minimum absolute atomic E-state index is 0.00211. The van der Waals surface area contributed by atoms with Gasteiger partial charge in [-0.05, 0) is 116 Å². The van der Waals surface area contributed by atoms with Gasteiger partial charge in [0.15, 0.2) is 5.78 Å². The van der Waals surface area contributed by atoms with Crippen molar-refractivity contribution in [3.63, 3.8) is 0 Å². The molecule has 0 radical (unpaired) electrons. The minimum Gasteiger partial charge on any atom is -0.391 e. The van der Waals surface area contributed by atoms with Gasteiger partial charge in [-0.25, -0.2) is 5.43 Å². The maximum atomic E-state index is 13.8. The van der Waals surface area contributed by atoms with Crippen molar-refractivity contribution in [2.75, 3.05) is 0 Å². The third kappa shape index (κ3) is 19.6. The van der Waals surface area contributed by atoms with Gasteiger partial charge < -0.3 is 15.7 Å². The number of hydrogen-bond donors (Lipinski definition) is 6. The molecule has 0 fully saturated rings. The molecule has 1 aromatic rings. The average molecular weight is 826 g/mol. The molecule has 0 saturated heterocycles. The molecule has 1 rings (SSSR count). The van der Waals surface area contributed by atoms with Crippen LogP contribution >= 0.6 is 0 Å².